The summed E-state index contributed by atoms with van der Waals surface area (Å²) in [6.07, 6.45) is 6.12. The highest BCUT2D eigenvalue weighted by Gasteiger charge is 2.18. The number of rotatable bonds is 11. The number of para-hydroxylation sites is 2. The molecule has 0 aliphatic heterocycles. The van der Waals surface area contributed by atoms with Gasteiger partial charge in [0.2, 0.25) is 0 Å². The molecule has 166 valence electrons. The number of carbonyl (C=O) groups excluding carboxylic acids is 1. The molecular weight excluding hydrogens is 386 g/mol. The summed E-state index contributed by atoms with van der Waals surface area (Å²) in [6, 6.07) is 14.0. The molecule has 0 radical (unpaired) electrons. The lowest BCUT2D eigenvalue weighted by atomic mass is 10.1. The van der Waals surface area contributed by atoms with Crippen molar-refractivity contribution in [2.75, 3.05) is 6.61 Å². The standard InChI is InChI=1S/C26H35N3O2/c1-5-6-7-8-11-16-29-23-13-10-9-12-22(23)28-26(29)21(4)27-25(30)18-31-24-17-19(2)14-15-20(24)3/h9-10,12-15,17,21H,5-8,11,16,18H2,1-4H3,(H,27,30). The minimum Gasteiger partial charge on any atom is -0.483 e. The van der Waals surface area contributed by atoms with Gasteiger partial charge in [0.15, 0.2) is 6.61 Å². The van der Waals surface area contributed by atoms with E-state index in [2.05, 4.69) is 22.9 Å². The Morgan fingerprint density at radius 3 is 2.68 bits per heavy atom. The molecule has 3 rings (SSSR count). The Bertz CT molecular complexity index is 1010. The molecule has 5 nitrogen and oxygen atoms in total. The SMILES string of the molecule is CCCCCCCn1c(C(C)NC(=O)COc2cc(C)ccc2C)nc2ccccc21. The number of imidazole rings is 1. The summed E-state index contributed by atoms with van der Waals surface area (Å²) >= 11 is 0. The topological polar surface area (TPSA) is 56.2 Å². The number of amides is 1. The summed E-state index contributed by atoms with van der Waals surface area (Å²) in [4.78, 5) is 17.4. The van der Waals surface area contributed by atoms with Crippen LogP contribution in [0.15, 0.2) is 42.5 Å². The van der Waals surface area contributed by atoms with Crippen molar-refractivity contribution in [1.82, 2.24) is 14.9 Å². The number of carbonyl (C=O) groups is 1. The summed E-state index contributed by atoms with van der Waals surface area (Å²) in [5.74, 6) is 1.51. The highest BCUT2D eigenvalue weighted by atomic mass is 16.5. The Hall–Kier alpha value is -2.82. The van der Waals surface area contributed by atoms with Crippen LogP contribution < -0.4 is 10.1 Å². The molecule has 0 fully saturated rings. The van der Waals surface area contributed by atoms with E-state index in [0.717, 1.165) is 46.7 Å². The average molecular weight is 422 g/mol. The van der Waals surface area contributed by atoms with E-state index in [4.69, 9.17) is 9.72 Å². The molecule has 0 saturated carbocycles. The van der Waals surface area contributed by atoms with E-state index in [1.165, 1.54) is 25.7 Å². The molecular formula is C26H35N3O2. The van der Waals surface area contributed by atoms with E-state index in [1.54, 1.807) is 0 Å². The molecule has 3 aromatic rings. The predicted octanol–water partition coefficient (Wildman–Crippen LogP) is 5.88. The number of benzene rings is 2. The summed E-state index contributed by atoms with van der Waals surface area (Å²) in [5.41, 5.74) is 4.23. The zero-order chi connectivity index (χ0) is 22.2. The van der Waals surface area contributed by atoms with E-state index < -0.39 is 0 Å². The van der Waals surface area contributed by atoms with Crippen molar-refractivity contribution in [3.8, 4) is 5.75 Å². The normalized spacial score (nSPS) is 12.1. The van der Waals surface area contributed by atoms with Gasteiger partial charge < -0.3 is 14.6 Å². The number of ether oxygens (including phenoxy) is 1. The Morgan fingerprint density at radius 2 is 1.87 bits per heavy atom. The minimum atomic E-state index is -0.197. The van der Waals surface area contributed by atoms with Crippen molar-refractivity contribution in [2.45, 2.75) is 72.4 Å². The number of aryl methyl sites for hydroxylation is 3. The Kier molecular flexibility index (Phi) is 8.10. The lowest BCUT2D eigenvalue weighted by molar-refractivity contribution is -0.123. The van der Waals surface area contributed by atoms with Gasteiger partial charge >= 0.3 is 0 Å². The summed E-state index contributed by atoms with van der Waals surface area (Å²) in [6.45, 7) is 9.13. The lowest BCUT2D eigenvalue weighted by Gasteiger charge is -2.17. The van der Waals surface area contributed by atoms with Crippen LogP contribution in [0.4, 0.5) is 0 Å². The first-order chi connectivity index (χ1) is 15.0. The van der Waals surface area contributed by atoms with Crippen LogP contribution in [0.2, 0.25) is 0 Å². The summed E-state index contributed by atoms with van der Waals surface area (Å²) in [5, 5.41) is 3.07. The molecule has 31 heavy (non-hydrogen) atoms. The van der Waals surface area contributed by atoms with Crippen LogP contribution in [0, 0.1) is 13.8 Å². The Labute approximate surface area is 185 Å². The molecule has 0 spiro atoms. The number of nitrogens with one attached hydrogen (secondary N) is 1. The third kappa shape index (κ3) is 6.09. The molecule has 1 amide bonds. The van der Waals surface area contributed by atoms with Gasteiger partial charge in [0, 0.05) is 6.54 Å². The predicted molar refractivity (Wildman–Crippen MR) is 126 cm³/mol. The molecule has 1 N–H and O–H groups in total. The lowest BCUT2D eigenvalue weighted by Crippen LogP contribution is -2.32. The van der Waals surface area contributed by atoms with E-state index in [0.29, 0.717) is 0 Å². The van der Waals surface area contributed by atoms with Gasteiger partial charge in [-0.1, -0.05) is 56.9 Å². The van der Waals surface area contributed by atoms with Crippen LogP contribution in [0.5, 0.6) is 5.75 Å². The number of unbranched alkanes of at least 4 members (excludes halogenated alkanes) is 4. The average Bonchev–Trinajstić information content (AvgIpc) is 3.13. The van der Waals surface area contributed by atoms with Crippen LogP contribution in [0.25, 0.3) is 11.0 Å². The van der Waals surface area contributed by atoms with E-state index in [1.807, 2.05) is 57.2 Å². The third-order valence-corrected chi connectivity index (χ3v) is 5.64. The second-order valence-electron chi connectivity index (χ2n) is 8.37. The van der Waals surface area contributed by atoms with Crippen molar-refractivity contribution in [3.05, 3.63) is 59.4 Å². The van der Waals surface area contributed by atoms with Gasteiger partial charge in [-0.25, -0.2) is 4.98 Å². The van der Waals surface area contributed by atoms with Crippen molar-refractivity contribution >= 4 is 16.9 Å². The molecule has 1 atom stereocenters. The highest BCUT2D eigenvalue weighted by Crippen LogP contribution is 2.22. The maximum absolute atomic E-state index is 12.6. The minimum absolute atomic E-state index is 0.00806. The molecule has 1 aromatic heterocycles. The van der Waals surface area contributed by atoms with Crippen molar-refractivity contribution in [1.29, 1.82) is 0 Å². The van der Waals surface area contributed by atoms with Crippen LogP contribution in [0.1, 0.15) is 68.9 Å². The number of hydrogen-bond acceptors (Lipinski definition) is 3. The summed E-state index contributed by atoms with van der Waals surface area (Å²) < 4.78 is 8.03. The van der Waals surface area contributed by atoms with Crippen LogP contribution in [-0.2, 0) is 11.3 Å². The maximum Gasteiger partial charge on any atom is 0.258 e. The van der Waals surface area contributed by atoms with Gasteiger partial charge in [-0.3, -0.25) is 4.79 Å². The Morgan fingerprint density at radius 1 is 1.10 bits per heavy atom. The van der Waals surface area contributed by atoms with E-state index in [-0.39, 0.29) is 18.6 Å². The van der Waals surface area contributed by atoms with Crippen molar-refractivity contribution in [3.63, 3.8) is 0 Å². The van der Waals surface area contributed by atoms with Gasteiger partial charge in [-0.15, -0.1) is 0 Å². The number of hydrogen-bond donors (Lipinski definition) is 1. The first-order valence-corrected chi connectivity index (χ1v) is 11.4. The number of aromatic nitrogens is 2. The molecule has 5 heteroatoms. The van der Waals surface area contributed by atoms with E-state index >= 15 is 0 Å². The second kappa shape index (κ2) is 11.0. The van der Waals surface area contributed by atoms with Crippen molar-refractivity contribution in [2.24, 2.45) is 0 Å². The van der Waals surface area contributed by atoms with Gasteiger partial charge in [0.1, 0.15) is 11.6 Å². The smallest absolute Gasteiger partial charge is 0.258 e. The van der Waals surface area contributed by atoms with Gasteiger partial charge in [-0.2, -0.15) is 0 Å². The Balaban J connectivity index is 1.66. The van der Waals surface area contributed by atoms with Gasteiger partial charge in [0.25, 0.3) is 5.91 Å². The largest absolute Gasteiger partial charge is 0.483 e. The fraction of sp³-hybridized carbons (Fsp3) is 0.462. The van der Waals surface area contributed by atoms with Gasteiger partial charge in [-0.05, 0) is 56.5 Å². The molecule has 1 unspecified atom stereocenters. The van der Waals surface area contributed by atoms with Crippen LogP contribution >= 0.6 is 0 Å². The quantitative estimate of drug-likeness (QED) is 0.393. The first kappa shape index (κ1) is 22.9. The zero-order valence-electron chi connectivity index (χ0n) is 19.3. The summed E-state index contributed by atoms with van der Waals surface area (Å²) in [7, 11) is 0. The van der Waals surface area contributed by atoms with Crippen molar-refractivity contribution < 1.29 is 9.53 Å². The molecule has 1 heterocycles. The molecule has 0 bridgehead atoms. The number of fused-ring (bicyclic) bond motifs is 1. The molecule has 0 saturated heterocycles. The molecule has 0 aliphatic carbocycles. The van der Waals surface area contributed by atoms with E-state index in [9.17, 15) is 4.79 Å². The van der Waals surface area contributed by atoms with Crippen LogP contribution in [0.3, 0.4) is 0 Å². The first-order valence-electron chi connectivity index (χ1n) is 11.4. The second-order valence-corrected chi connectivity index (χ2v) is 8.37. The fourth-order valence-corrected chi connectivity index (χ4v) is 3.89. The third-order valence-electron chi connectivity index (χ3n) is 5.64. The monoisotopic (exact) mass is 421 g/mol. The van der Waals surface area contributed by atoms with Crippen LogP contribution in [-0.4, -0.2) is 22.1 Å². The molecule has 0 aliphatic rings. The fourth-order valence-electron chi connectivity index (χ4n) is 3.89. The number of nitrogens with zero attached hydrogens (tertiary/aromatic N) is 2. The maximum atomic E-state index is 12.6. The zero-order valence-corrected chi connectivity index (χ0v) is 19.3. The highest BCUT2D eigenvalue weighted by molar-refractivity contribution is 5.79. The van der Waals surface area contributed by atoms with Gasteiger partial charge in [0.05, 0.1) is 17.1 Å². The molecule has 2 aromatic carbocycles.